The van der Waals surface area contributed by atoms with Gasteiger partial charge in [0, 0.05) is 49.7 Å². The van der Waals surface area contributed by atoms with Gasteiger partial charge in [0.2, 0.25) is 11.8 Å². The molecule has 176 valence electrons. The number of furan rings is 1. The zero-order valence-corrected chi connectivity index (χ0v) is 19.1. The number of hydrogen-bond acceptors (Lipinski definition) is 8. The molecule has 10 heteroatoms. The van der Waals surface area contributed by atoms with Crippen molar-refractivity contribution >= 4 is 28.2 Å². The van der Waals surface area contributed by atoms with Crippen LogP contribution >= 0.6 is 0 Å². The van der Waals surface area contributed by atoms with Crippen LogP contribution in [-0.2, 0) is 6.54 Å². The van der Waals surface area contributed by atoms with E-state index in [1.54, 1.807) is 18.4 Å². The van der Waals surface area contributed by atoms with E-state index in [1.807, 2.05) is 46.9 Å². The molecule has 0 unspecified atom stereocenters. The van der Waals surface area contributed by atoms with Crippen LogP contribution in [-0.4, -0.2) is 55.1 Å². The van der Waals surface area contributed by atoms with Crippen molar-refractivity contribution in [1.29, 1.82) is 0 Å². The number of piperazine rings is 1. The summed E-state index contributed by atoms with van der Waals surface area (Å²) in [4.78, 5) is 20.4. The fraction of sp³-hybridized carbons (Fsp3) is 0.240. The lowest BCUT2D eigenvalue weighted by Gasteiger charge is -2.40. The van der Waals surface area contributed by atoms with Crippen molar-refractivity contribution < 1.29 is 9.34 Å². The molecule has 0 radical (unpaired) electrons. The summed E-state index contributed by atoms with van der Waals surface area (Å²) >= 11 is 0. The van der Waals surface area contributed by atoms with Gasteiger partial charge in [-0.05, 0) is 36.8 Å². The number of non-ortho nitro benzene ring substituents is 1. The van der Waals surface area contributed by atoms with Gasteiger partial charge < -0.3 is 9.32 Å². The second kappa shape index (κ2) is 8.48. The molecule has 1 aliphatic rings. The second-order valence-corrected chi connectivity index (χ2v) is 8.78. The largest absolute Gasteiger partial charge is 0.461 e. The first-order valence-electron chi connectivity index (χ1n) is 11.5. The summed E-state index contributed by atoms with van der Waals surface area (Å²) in [6, 6.07) is 18.7. The van der Waals surface area contributed by atoms with Gasteiger partial charge in [0.1, 0.15) is 0 Å². The van der Waals surface area contributed by atoms with E-state index in [2.05, 4.69) is 26.9 Å². The maximum atomic E-state index is 11.2. The summed E-state index contributed by atoms with van der Waals surface area (Å²) in [6.07, 6.45) is 1.62. The molecule has 35 heavy (non-hydrogen) atoms. The summed E-state index contributed by atoms with van der Waals surface area (Å²) in [5.41, 5.74) is 2.66. The Balaban J connectivity index is 1.34. The molecule has 0 amide bonds. The lowest BCUT2D eigenvalue weighted by Crippen LogP contribution is -2.52. The van der Waals surface area contributed by atoms with Crippen molar-refractivity contribution in [2.75, 3.05) is 24.5 Å². The van der Waals surface area contributed by atoms with E-state index in [0.717, 1.165) is 47.7 Å². The first kappa shape index (κ1) is 21.2. The summed E-state index contributed by atoms with van der Waals surface area (Å²) in [5, 5.41) is 21.0. The number of hydrogen-bond donors (Lipinski definition) is 0. The van der Waals surface area contributed by atoms with E-state index < -0.39 is 0 Å². The lowest BCUT2D eigenvalue weighted by molar-refractivity contribution is -0.384. The van der Waals surface area contributed by atoms with Gasteiger partial charge in [-0.3, -0.25) is 15.0 Å². The molecule has 1 saturated heterocycles. The Hall–Kier alpha value is -4.31. The molecular weight excluding hydrogens is 446 g/mol. The smallest absolute Gasteiger partial charge is 0.269 e. The number of nitrogens with zero attached hydrogens (tertiary/aromatic N) is 7. The monoisotopic (exact) mass is 469 g/mol. The molecule has 4 heterocycles. The maximum Gasteiger partial charge on any atom is 0.269 e. The highest BCUT2D eigenvalue weighted by Crippen LogP contribution is 2.30. The van der Waals surface area contributed by atoms with Crippen LogP contribution in [0.1, 0.15) is 12.5 Å². The van der Waals surface area contributed by atoms with Crippen molar-refractivity contribution in [1.82, 2.24) is 24.5 Å². The van der Waals surface area contributed by atoms with Gasteiger partial charge in [-0.1, -0.05) is 24.3 Å². The highest BCUT2D eigenvalue weighted by atomic mass is 16.6. The Bertz CT molecular complexity index is 1530. The van der Waals surface area contributed by atoms with Crippen LogP contribution in [0.15, 0.2) is 71.3 Å². The number of para-hydroxylation sites is 1. The van der Waals surface area contributed by atoms with E-state index in [1.165, 1.54) is 6.07 Å². The van der Waals surface area contributed by atoms with E-state index in [4.69, 9.17) is 9.40 Å². The van der Waals surface area contributed by atoms with E-state index in [9.17, 15) is 10.1 Å². The molecule has 2 aromatic carbocycles. The topological polar surface area (TPSA) is 106 Å². The summed E-state index contributed by atoms with van der Waals surface area (Å²) < 4.78 is 7.62. The molecule has 0 N–H and O–H groups in total. The highest BCUT2D eigenvalue weighted by molar-refractivity contribution is 5.93. The van der Waals surface area contributed by atoms with Gasteiger partial charge >= 0.3 is 0 Å². The van der Waals surface area contributed by atoms with E-state index in [-0.39, 0.29) is 16.7 Å². The van der Waals surface area contributed by atoms with E-state index in [0.29, 0.717) is 18.1 Å². The fourth-order valence-corrected chi connectivity index (χ4v) is 4.76. The predicted molar refractivity (Wildman–Crippen MR) is 131 cm³/mol. The lowest BCUT2D eigenvalue weighted by atomic mass is 10.1. The number of fused-ring (bicyclic) bond motifs is 3. The Morgan fingerprint density at radius 3 is 2.77 bits per heavy atom. The minimum absolute atomic E-state index is 0.120. The Labute approximate surface area is 200 Å². The van der Waals surface area contributed by atoms with Crippen molar-refractivity contribution in [2.45, 2.75) is 19.5 Å². The molecule has 3 aromatic heterocycles. The number of aromatic nitrogens is 4. The first-order chi connectivity index (χ1) is 17.1. The molecule has 0 bridgehead atoms. The standard InChI is InChI=1S/C25H23N7O3/c1-17-15-30(12-11-29(17)16-18-6-4-7-19(14-18)32(33)34)25-26-21-9-3-2-8-20(21)23-27-28-24(31(23)25)22-10-5-13-35-22/h2-10,13-14,17H,11-12,15-16H2,1H3/t17-/m0/s1. The Kier molecular flexibility index (Phi) is 5.14. The van der Waals surface area contributed by atoms with Crippen LogP contribution in [0.2, 0.25) is 0 Å². The Morgan fingerprint density at radius 2 is 1.97 bits per heavy atom. The molecule has 0 aliphatic carbocycles. The van der Waals surface area contributed by atoms with Crippen LogP contribution < -0.4 is 4.90 Å². The number of nitro benzene ring substituents is 1. The van der Waals surface area contributed by atoms with Gasteiger partial charge in [-0.15, -0.1) is 10.2 Å². The zero-order valence-electron chi connectivity index (χ0n) is 19.1. The average Bonchev–Trinajstić information content (AvgIpc) is 3.55. The minimum Gasteiger partial charge on any atom is -0.461 e. The van der Waals surface area contributed by atoms with Gasteiger partial charge in [0.25, 0.3) is 5.69 Å². The summed E-state index contributed by atoms with van der Waals surface area (Å²) in [7, 11) is 0. The Morgan fingerprint density at radius 1 is 1.09 bits per heavy atom. The SMILES string of the molecule is C[C@H]1CN(c2nc3ccccc3c3nnc(-c4ccco4)n23)CCN1Cc1cccc([N+](=O)[O-])c1. The second-order valence-electron chi connectivity index (χ2n) is 8.78. The third-order valence-electron chi connectivity index (χ3n) is 6.52. The highest BCUT2D eigenvalue weighted by Gasteiger charge is 2.28. The summed E-state index contributed by atoms with van der Waals surface area (Å²) in [6.45, 7) is 5.10. The third-order valence-corrected chi connectivity index (χ3v) is 6.52. The molecule has 0 saturated carbocycles. The third kappa shape index (κ3) is 3.77. The molecule has 1 fully saturated rings. The molecular formula is C25H23N7O3. The van der Waals surface area contributed by atoms with Gasteiger partial charge in [-0.25, -0.2) is 9.38 Å². The maximum absolute atomic E-state index is 11.2. The van der Waals surface area contributed by atoms with Crippen LogP contribution in [0.4, 0.5) is 11.6 Å². The van der Waals surface area contributed by atoms with Gasteiger partial charge in [-0.2, -0.15) is 0 Å². The number of nitro groups is 1. The van der Waals surface area contributed by atoms with Crippen LogP contribution in [0, 0.1) is 10.1 Å². The van der Waals surface area contributed by atoms with Crippen molar-refractivity contribution in [3.8, 4) is 11.6 Å². The molecule has 5 aromatic rings. The van der Waals surface area contributed by atoms with Gasteiger partial charge in [0.05, 0.1) is 16.7 Å². The van der Waals surface area contributed by atoms with Crippen molar-refractivity contribution in [2.24, 2.45) is 0 Å². The first-order valence-corrected chi connectivity index (χ1v) is 11.5. The molecule has 1 atom stereocenters. The molecule has 0 spiro atoms. The predicted octanol–water partition coefficient (Wildman–Crippen LogP) is 4.16. The molecule has 10 nitrogen and oxygen atoms in total. The number of anilines is 1. The number of benzene rings is 2. The van der Waals surface area contributed by atoms with Crippen LogP contribution in [0.25, 0.3) is 28.1 Å². The van der Waals surface area contributed by atoms with Crippen LogP contribution in [0.5, 0.6) is 0 Å². The minimum atomic E-state index is -0.350. The van der Waals surface area contributed by atoms with Crippen molar-refractivity contribution in [3.05, 3.63) is 82.6 Å². The normalized spacial score (nSPS) is 16.8. The van der Waals surface area contributed by atoms with Crippen molar-refractivity contribution in [3.63, 3.8) is 0 Å². The fourth-order valence-electron chi connectivity index (χ4n) is 4.76. The molecule has 1 aliphatic heterocycles. The quantitative estimate of drug-likeness (QED) is 0.279. The zero-order chi connectivity index (χ0) is 23.9. The number of rotatable bonds is 5. The average molecular weight is 470 g/mol. The van der Waals surface area contributed by atoms with Crippen LogP contribution in [0.3, 0.4) is 0 Å². The van der Waals surface area contributed by atoms with E-state index >= 15 is 0 Å². The summed E-state index contributed by atoms with van der Waals surface area (Å²) in [5.74, 6) is 2.02. The van der Waals surface area contributed by atoms with Gasteiger partial charge in [0.15, 0.2) is 11.4 Å². The molecule has 6 rings (SSSR count).